The highest BCUT2D eigenvalue weighted by Gasteiger charge is 2.46. The van der Waals surface area contributed by atoms with Crippen LogP contribution in [0.4, 0.5) is 0 Å². The number of likely N-dealkylation sites (tertiary alicyclic amines) is 1. The molecule has 0 aromatic rings. The summed E-state index contributed by atoms with van der Waals surface area (Å²) < 4.78 is 0. The topological polar surface area (TPSA) is 39.1 Å². The summed E-state index contributed by atoms with van der Waals surface area (Å²) in [6.07, 6.45) is 4.98. The molecule has 1 atom stereocenters. The molecule has 0 amide bonds. The molecule has 2 rings (SSSR count). The fourth-order valence-electron chi connectivity index (χ4n) is 3.48. The average Bonchev–Trinajstić information content (AvgIpc) is 3.20. The molecule has 108 valence electrons. The Morgan fingerprint density at radius 1 is 1.11 bits per heavy atom. The summed E-state index contributed by atoms with van der Waals surface area (Å²) in [4.78, 5) is 2.50. The molecule has 0 aromatic carbocycles. The van der Waals surface area contributed by atoms with E-state index in [-0.39, 0.29) is 5.54 Å². The highest BCUT2D eigenvalue weighted by Crippen LogP contribution is 2.41. The first-order valence-electron chi connectivity index (χ1n) is 7.74. The maximum absolute atomic E-state index is 9.56. The van der Waals surface area contributed by atoms with Crippen molar-refractivity contribution in [1.29, 1.82) is 5.26 Å². The van der Waals surface area contributed by atoms with Crippen molar-refractivity contribution in [2.75, 3.05) is 26.7 Å². The van der Waals surface area contributed by atoms with Crippen LogP contribution in [0.15, 0.2) is 0 Å². The van der Waals surface area contributed by atoms with Crippen molar-refractivity contribution in [3.05, 3.63) is 0 Å². The van der Waals surface area contributed by atoms with Gasteiger partial charge in [0.25, 0.3) is 0 Å². The van der Waals surface area contributed by atoms with Crippen molar-refractivity contribution in [3.8, 4) is 6.07 Å². The summed E-state index contributed by atoms with van der Waals surface area (Å²) in [5, 5.41) is 12.9. The van der Waals surface area contributed by atoms with Crippen molar-refractivity contribution >= 4 is 0 Å². The summed E-state index contributed by atoms with van der Waals surface area (Å²) >= 11 is 0. The first-order chi connectivity index (χ1) is 8.91. The first kappa shape index (κ1) is 14.8. The molecule has 1 N–H and O–H groups in total. The Labute approximate surface area is 118 Å². The van der Waals surface area contributed by atoms with Gasteiger partial charge in [0.05, 0.1) is 6.07 Å². The number of nitrogens with one attached hydrogen (secondary N) is 1. The lowest BCUT2D eigenvalue weighted by Gasteiger charge is -2.41. The van der Waals surface area contributed by atoms with Gasteiger partial charge in [-0.05, 0) is 63.1 Å². The van der Waals surface area contributed by atoms with E-state index in [0.29, 0.717) is 11.3 Å². The smallest absolute Gasteiger partial charge is 0.122 e. The highest BCUT2D eigenvalue weighted by atomic mass is 15.2. The van der Waals surface area contributed by atoms with Crippen molar-refractivity contribution in [2.24, 2.45) is 17.3 Å². The maximum Gasteiger partial charge on any atom is 0.122 e. The molecule has 1 saturated carbocycles. The van der Waals surface area contributed by atoms with E-state index in [1.165, 1.54) is 25.7 Å². The number of nitriles is 1. The van der Waals surface area contributed by atoms with Gasteiger partial charge >= 0.3 is 0 Å². The SMILES string of the molecule is CNC(C#N)(CN1CCC(C(C)(C)C)CC1)C1CC1. The van der Waals surface area contributed by atoms with Crippen LogP contribution in [0.25, 0.3) is 0 Å². The minimum absolute atomic E-state index is 0.297. The Bertz CT molecular complexity index is 340. The Morgan fingerprint density at radius 2 is 1.68 bits per heavy atom. The zero-order valence-electron chi connectivity index (χ0n) is 13.0. The van der Waals surface area contributed by atoms with Gasteiger partial charge in [-0.2, -0.15) is 5.26 Å². The van der Waals surface area contributed by atoms with E-state index >= 15 is 0 Å². The third-order valence-corrected chi connectivity index (χ3v) is 5.21. The van der Waals surface area contributed by atoms with Crippen molar-refractivity contribution in [3.63, 3.8) is 0 Å². The van der Waals surface area contributed by atoms with Gasteiger partial charge in [0.1, 0.15) is 5.54 Å². The van der Waals surface area contributed by atoms with Crippen LogP contribution in [0.2, 0.25) is 0 Å². The molecule has 2 fully saturated rings. The molecular formula is C16H29N3. The zero-order chi connectivity index (χ0) is 14.1. The van der Waals surface area contributed by atoms with E-state index in [4.69, 9.17) is 0 Å². The summed E-state index contributed by atoms with van der Waals surface area (Å²) in [7, 11) is 1.95. The molecule has 0 spiro atoms. The number of rotatable bonds is 4. The molecule has 1 unspecified atom stereocenters. The molecular weight excluding hydrogens is 234 g/mol. The second-order valence-corrected chi connectivity index (χ2v) is 7.52. The van der Waals surface area contributed by atoms with Crippen LogP contribution in [-0.2, 0) is 0 Å². The summed E-state index contributed by atoms with van der Waals surface area (Å²) in [6.45, 7) is 10.3. The number of piperidine rings is 1. The lowest BCUT2D eigenvalue weighted by atomic mass is 9.75. The molecule has 0 bridgehead atoms. The molecule has 1 saturated heterocycles. The minimum atomic E-state index is -0.297. The molecule has 1 aliphatic heterocycles. The molecule has 0 radical (unpaired) electrons. The predicted molar refractivity (Wildman–Crippen MR) is 78.7 cm³/mol. The van der Waals surface area contributed by atoms with Gasteiger partial charge in [0, 0.05) is 6.54 Å². The minimum Gasteiger partial charge on any atom is -0.301 e. The molecule has 2 aliphatic rings. The van der Waals surface area contributed by atoms with Crippen LogP contribution in [0.5, 0.6) is 0 Å². The standard InChI is InChI=1S/C16H29N3/c1-15(2,3)13-7-9-19(10-8-13)12-16(11-17,18-4)14-5-6-14/h13-14,18H,5-10,12H2,1-4H3. The Balaban J connectivity index is 1.90. The summed E-state index contributed by atoms with van der Waals surface area (Å²) in [5.74, 6) is 1.40. The fraction of sp³-hybridized carbons (Fsp3) is 0.938. The van der Waals surface area contributed by atoms with Crippen molar-refractivity contribution in [1.82, 2.24) is 10.2 Å². The van der Waals surface area contributed by atoms with E-state index in [1.54, 1.807) is 0 Å². The number of nitrogens with zero attached hydrogens (tertiary/aromatic N) is 2. The summed E-state index contributed by atoms with van der Waals surface area (Å²) in [6, 6.07) is 2.56. The van der Waals surface area contributed by atoms with E-state index < -0.39 is 0 Å². The first-order valence-corrected chi connectivity index (χ1v) is 7.74. The van der Waals surface area contributed by atoms with Gasteiger partial charge in [-0.1, -0.05) is 20.8 Å². The quantitative estimate of drug-likeness (QED) is 0.847. The second-order valence-electron chi connectivity index (χ2n) is 7.52. The molecule has 0 aromatic heterocycles. The van der Waals surface area contributed by atoms with Gasteiger partial charge in [-0.3, -0.25) is 0 Å². The van der Waals surface area contributed by atoms with Gasteiger partial charge in [0.15, 0.2) is 0 Å². The van der Waals surface area contributed by atoms with Crippen LogP contribution in [0.1, 0.15) is 46.5 Å². The Morgan fingerprint density at radius 3 is 2.05 bits per heavy atom. The van der Waals surface area contributed by atoms with E-state index in [0.717, 1.165) is 25.6 Å². The van der Waals surface area contributed by atoms with Crippen molar-refractivity contribution < 1.29 is 0 Å². The fourth-order valence-corrected chi connectivity index (χ4v) is 3.48. The highest BCUT2D eigenvalue weighted by molar-refractivity contribution is 5.16. The van der Waals surface area contributed by atoms with E-state index in [1.807, 2.05) is 7.05 Å². The third-order valence-electron chi connectivity index (χ3n) is 5.21. The number of hydrogen-bond acceptors (Lipinski definition) is 3. The Hall–Kier alpha value is -0.590. The van der Waals surface area contributed by atoms with Gasteiger partial charge in [-0.25, -0.2) is 0 Å². The van der Waals surface area contributed by atoms with Gasteiger partial charge < -0.3 is 10.2 Å². The van der Waals surface area contributed by atoms with Crippen LogP contribution in [-0.4, -0.2) is 37.1 Å². The molecule has 3 nitrogen and oxygen atoms in total. The lowest BCUT2D eigenvalue weighted by Crippen LogP contribution is -2.54. The Kier molecular flexibility index (Phi) is 4.23. The average molecular weight is 263 g/mol. The van der Waals surface area contributed by atoms with Crippen LogP contribution >= 0.6 is 0 Å². The lowest BCUT2D eigenvalue weighted by molar-refractivity contribution is 0.0944. The molecule has 19 heavy (non-hydrogen) atoms. The predicted octanol–water partition coefficient (Wildman–Crippen LogP) is 2.64. The molecule has 1 aliphatic carbocycles. The monoisotopic (exact) mass is 263 g/mol. The number of hydrogen-bond donors (Lipinski definition) is 1. The number of likely N-dealkylation sites (N-methyl/N-ethyl adjacent to an activating group) is 1. The van der Waals surface area contributed by atoms with E-state index in [9.17, 15) is 5.26 Å². The zero-order valence-corrected chi connectivity index (χ0v) is 13.0. The largest absolute Gasteiger partial charge is 0.301 e. The van der Waals surface area contributed by atoms with Crippen molar-refractivity contribution in [2.45, 2.75) is 52.0 Å². The van der Waals surface area contributed by atoms with E-state index in [2.05, 4.69) is 37.1 Å². The van der Waals surface area contributed by atoms with Crippen LogP contribution < -0.4 is 5.32 Å². The normalized spacial score (nSPS) is 25.8. The van der Waals surface area contributed by atoms with Gasteiger partial charge in [-0.15, -0.1) is 0 Å². The maximum atomic E-state index is 9.56. The summed E-state index contributed by atoms with van der Waals surface area (Å²) in [5.41, 5.74) is 0.131. The van der Waals surface area contributed by atoms with Crippen LogP contribution in [0, 0.1) is 28.6 Å². The third kappa shape index (κ3) is 3.30. The second kappa shape index (κ2) is 5.42. The van der Waals surface area contributed by atoms with Gasteiger partial charge in [0.2, 0.25) is 0 Å². The van der Waals surface area contributed by atoms with Crippen LogP contribution in [0.3, 0.4) is 0 Å². The molecule has 1 heterocycles. The molecule has 3 heteroatoms.